The van der Waals surface area contributed by atoms with Gasteiger partial charge >= 0.3 is 0 Å². The number of guanidine groups is 1. The van der Waals surface area contributed by atoms with Gasteiger partial charge < -0.3 is 15.4 Å². The van der Waals surface area contributed by atoms with Crippen molar-refractivity contribution in [2.24, 2.45) is 22.7 Å². The Labute approximate surface area is 139 Å². The van der Waals surface area contributed by atoms with E-state index in [1.165, 1.54) is 31.2 Å². The maximum Gasteiger partial charge on any atom is 0.191 e. The summed E-state index contributed by atoms with van der Waals surface area (Å²) in [5, 5.41) is 6.94. The van der Waals surface area contributed by atoms with Crippen molar-refractivity contribution in [3.05, 3.63) is 29.3 Å². The number of rotatable bonds is 7. The van der Waals surface area contributed by atoms with E-state index < -0.39 is 0 Å². The van der Waals surface area contributed by atoms with Gasteiger partial charge in [0.15, 0.2) is 5.96 Å². The van der Waals surface area contributed by atoms with Crippen LogP contribution in [0.1, 0.15) is 36.8 Å². The van der Waals surface area contributed by atoms with Gasteiger partial charge in [-0.2, -0.15) is 0 Å². The van der Waals surface area contributed by atoms with Gasteiger partial charge in [-0.1, -0.05) is 12.1 Å². The van der Waals surface area contributed by atoms with Gasteiger partial charge in [0.1, 0.15) is 5.75 Å². The molecule has 4 heteroatoms. The van der Waals surface area contributed by atoms with E-state index in [-0.39, 0.29) is 0 Å². The highest BCUT2D eigenvalue weighted by Gasteiger charge is 2.41. The molecular weight excluding hydrogens is 286 g/mol. The standard InChI is InChI=1S/C19H29N3O/c1-13-4-5-16(18(10-13)23-3)11-21-19(20-2)22-12-17(14-6-7-14)15-8-9-15/h4-5,10,14-15,17H,6-9,11-12H2,1-3H3,(H2,20,21,22). The quantitative estimate of drug-likeness (QED) is 0.600. The third kappa shape index (κ3) is 4.40. The Bertz CT molecular complexity index is 550. The summed E-state index contributed by atoms with van der Waals surface area (Å²) in [5.41, 5.74) is 2.37. The molecule has 0 spiro atoms. The summed E-state index contributed by atoms with van der Waals surface area (Å²) < 4.78 is 5.47. The number of aliphatic imine (C=N–C) groups is 1. The molecule has 3 rings (SSSR count). The first-order valence-corrected chi connectivity index (χ1v) is 8.79. The summed E-state index contributed by atoms with van der Waals surface area (Å²) in [6, 6.07) is 6.31. The van der Waals surface area contributed by atoms with E-state index in [4.69, 9.17) is 4.74 Å². The molecule has 2 N–H and O–H groups in total. The Morgan fingerprint density at radius 2 is 1.91 bits per heavy atom. The molecule has 2 fully saturated rings. The lowest BCUT2D eigenvalue weighted by Crippen LogP contribution is -2.40. The van der Waals surface area contributed by atoms with Crippen LogP contribution in [0, 0.1) is 24.7 Å². The minimum absolute atomic E-state index is 0.723. The molecule has 1 aromatic carbocycles. The highest BCUT2D eigenvalue weighted by Crippen LogP contribution is 2.48. The normalized spacial score (nSPS) is 18.2. The third-order valence-electron chi connectivity index (χ3n) is 5.07. The van der Waals surface area contributed by atoms with Crippen molar-refractivity contribution in [3.63, 3.8) is 0 Å². The van der Waals surface area contributed by atoms with Crippen LogP contribution in [-0.4, -0.2) is 26.7 Å². The van der Waals surface area contributed by atoms with Crippen molar-refractivity contribution in [3.8, 4) is 5.75 Å². The molecule has 23 heavy (non-hydrogen) atoms. The maximum atomic E-state index is 5.47. The molecular formula is C19H29N3O. The van der Waals surface area contributed by atoms with Crippen LogP contribution >= 0.6 is 0 Å². The average Bonchev–Trinajstić information content (AvgIpc) is 3.45. The van der Waals surface area contributed by atoms with Crippen molar-refractivity contribution in [2.45, 2.75) is 39.2 Å². The Hall–Kier alpha value is -1.71. The monoisotopic (exact) mass is 315 g/mol. The minimum Gasteiger partial charge on any atom is -0.496 e. The molecule has 0 saturated heterocycles. The van der Waals surface area contributed by atoms with Crippen molar-refractivity contribution >= 4 is 5.96 Å². The molecule has 126 valence electrons. The van der Waals surface area contributed by atoms with Gasteiger partial charge in [-0.3, -0.25) is 4.99 Å². The van der Waals surface area contributed by atoms with E-state index in [0.717, 1.165) is 48.1 Å². The van der Waals surface area contributed by atoms with Crippen LogP contribution in [0.3, 0.4) is 0 Å². The summed E-state index contributed by atoms with van der Waals surface area (Å²) in [4.78, 5) is 4.36. The molecule has 2 saturated carbocycles. The summed E-state index contributed by atoms with van der Waals surface area (Å²) >= 11 is 0. The Morgan fingerprint density at radius 1 is 1.22 bits per heavy atom. The summed E-state index contributed by atoms with van der Waals surface area (Å²) in [5.74, 6) is 4.60. The molecule has 0 unspecified atom stereocenters. The van der Waals surface area contributed by atoms with Gasteiger partial charge in [0.2, 0.25) is 0 Å². The van der Waals surface area contributed by atoms with E-state index in [9.17, 15) is 0 Å². The predicted octanol–water partition coefficient (Wildman–Crippen LogP) is 3.10. The summed E-state index contributed by atoms with van der Waals surface area (Å²) in [6.45, 7) is 3.86. The van der Waals surface area contributed by atoms with E-state index in [1.54, 1.807) is 7.11 Å². The predicted molar refractivity (Wildman–Crippen MR) is 94.9 cm³/mol. The minimum atomic E-state index is 0.723. The van der Waals surface area contributed by atoms with Crippen molar-refractivity contribution in [2.75, 3.05) is 20.7 Å². The van der Waals surface area contributed by atoms with Crippen LogP contribution in [0.25, 0.3) is 0 Å². The second-order valence-electron chi connectivity index (χ2n) is 6.96. The van der Waals surface area contributed by atoms with Crippen LogP contribution in [-0.2, 0) is 6.54 Å². The molecule has 2 aliphatic rings. The molecule has 2 aliphatic carbocycles. The number of methoxy groups -OCH3 is 1. The average molecular weight is 315 g/mol. The zero-order chi connectivity index (χ0) is 16.2. The lowest BCUT2D eigenvalue weighted by Gasteiger charge is -2.19. The van der Waals surface area contributed by atoms with E-state index in [2.05, 4.69) is 40.7 Å². The molecule has 1 aromatic rings. The van der Waals surface area contributed by atoms with Gasteiger partial charge in [0.25, 0.3) is 0 Å². The van der Waals surface area contributed by atoms with Gasteiger partial charge in [-0.25, -0.2) is 0 Å². The highest BCUT2D eigenvalue weighted by molar-refractivity contribution is 5.79. The fourth-order valence-corrected chi connectivity index (χ4v) is 3.38. The second kappa shape index (κ2) is 7.24. The molecule has 0 amide bonds. The van der Waals surface area contributed by atoms with E-state index in [0.29, 0.717) is 0 Å². The number of hydrogen-bond donors (Lipinski definition) is 2. The Morgan fingerprint density at radius 3 is 2.48 bits per heavy atom. The highest BCUT2D eigenvalue weighted by atomic mass is 16.5. The molecule has 0 atom stereocenters. The van der Waals surface area contributed by atoms with Gasteiger partial charge in [-0.15, -0.1) is 0 Å². The molecule has 0 bridgehead atoms. The molecule has 4 nitrogen and oxygen atoms in total. The van der Waals surface area contributed by atoms with Crippen LogP contribution in [0.2, 0.25) is 0 Å². The number of aryl methyl sites for hydroxylation is 1. The first-order chi connectivity index (χ1) is 11.2. The molecule has 0 radical (unpaired) electrons. The van der Waals surface area contributed by atoms with Crippen LogP contribution in [0.15, 0.2) is 23.2 Å². The van der Waals surface area contributed by atoms with Crippen LogP contribution in [0.4, 0.5) is 0 Å². The zero-order valence-electron chi connectivity index (χ0n) is 14.6. The Kier molecular flexibility index (Phi) is 5.09. The fraction of sp³-hybridized carbons (Fsp3) is 0.632. The van der Waals surface area contributed by atoms with E-state index >= 15 is 0 Å². The first-order valence-electron chi connectivity index (χ1n) is 8.79. The largest absolute Gasteiger partial charge is 0.496 e. The lowest BCUT2D eigenvalue weighted by atomic mass is 9.98. The van der Waals surface area contributed by atoms with Gasteiger partial charge in [-0.05, 0) is 62.0 Å². The number of nitrogens with zero attached hydrogens (tertiary/aromatic N) is 1. The number of ether oxygens (including phenoxy) is 1. The first kappa shape index (κ1) is 16.2. The van der Waals surface area contributed by atoms with E-state index in [1.807, 2.05) is 7.05 Å². The van der Waals surface area contributed by atoms with Gasteiger partial charge in [0, 0.05) is 25.7 Å². The second-order valence-corrected chi connectivity index (χ2v) is 6.96. The van der Waals surface area contributed by atoms with Crippen molar-refractivity contribution in [1.82, 2.24) is 10.6 Å². The Balaban J connectivity index is 1.51. The van der Waals surface area contributed by atoms with Gasteiger partial charge in [0.05, 0.1) is 7.11 Å². The topological polar surface area (TPSA) is 45.7 Å². The molecule has 0 heterocycles. The van der Waals surface area contributed by atoms with Crippen molar-refractivity contribution < 1.29 is 4.74 Å². The lowest BCUT2D eigenvalue weighted by molar-refractivity contribution is 0.399. The number of hydrogen-bond acceptors (Lipinski definition) is 2. The molecule has 0 aliphatic heterocycles. The number of benzene rings is 1. The van der Waals surface area contributed by atoms with Crippen LogP contribution in [0.5, 0.6) is 5.75 Å². The summed E-state index contributed by atoms with van der Waals surface area (Å²) in [6.07, 6.45) is 5.70. The van der Waals surface area contributed by atoms with Crippen molar-refractivity contribution in [1.29, 1.82) is 0 Å². The maximum absolute atomic E-state index is 5.47. The third-order valence-corrected chi connectivity index (χ3v) is 5.07. The zero-order valence-corrected chi connectivity index (χ0v) is 14.6. The van der Waals surface area contributed by atoms with Crippen LogP contribution < -0.4 is 15.4 Å². The fourth-order valence-electron chi connectivity index (χ4n) is 3.38. The SMILES string of the molecule is CN=C(NCc1ccc(C)cc1OC)NCC(C1CC1)C1CC1. The number of nitrogens with one attached hydrogen (secondary N) is 2. The molecule has 0 aromatic heterocycles. The summed E-state index contributed by atoms with van der Waals surface area (Å²) in [7, 11) is 3.56. The smallest absolute Gasteiger partial charge is 0.191 e.